The van der Waals surface area contributed by atoms with Gasteiger partial charge in [-0.05, 0) is 55.4 Å². The van der Waals surface area contributed by atoms with E-state index in [0.717, 1.165) is 43.6 Å². The van der Waals surface area contributed by atoms with Crippen LogP contribution in [0.25, 0.3) is 0 Å². The third-order valence-corrected chi connectivity index (χ3v) is 5.99. The van der Waals surface area contributed by atoms with Gasteiger partial charge in [0.1, 0.15) is 0 Å². The molecule has 0 spiro atoms. The minimum absolute atomic E-state index is 0.0726. The number of aliphatic hydroxyl groups excluding tert-OH is 1. The number of oxime groups is 1. The Labute approximate surface area is 172 Å². The minimum atomic E-state index is -0.645. The van der Waals surface area contributed by atoms with Gasteiger partial charge in [0.15, 0.2) is 5.60 Å². The topological polar surface area (TPSA) is 62.1 Å². The highest BCUT2D eigenvalue weighted by atomic mass is 16.7. The van der Waals surface area contributed by atoms with E-state index in [9.17, 15) is 9.90 Å². The van der Waals surface area contributed by atoms with Crippen molar-refractivity contribution in [2.75, 3.05) is 19.7 Å². The first kappa shape index (κ1) is 19.6. The first-order valence-electron chi connectivity index (χ1n) is 10.4. The average molecular weight is 392 g/mol. The summed E-state index contributed by atoms with van der Waals surface area (Å²) in [5, 5.41) is 13.5. The van der Waals surface area contributed by atoms with Crippen molar-refractivity contribution >= 4 is 11.6 Å². The van der Waals surface area contributed by atoms with Gasteiger partial charge in [0.2, 0.25) is 0 Å². The van der Waals surface area contributed by atoms with E-state index in [1.54, 1.807) is 0 Å². The number of hydrogen-bond acceptors (Lipinski definition) is 4. The smallest absolute Gasteiger partial charge is 0.253 e. The maximum atomic E-state index is 12.9. The van der Waals surface area contributed by atoms with Crippen molar-refractivity contribution in [2.24, 2.45) is 11.1 Å². The lowest BCUT2D eigenvalue weighted by atomic mass is 9.90. The number of aliphatic hydroxyl groups is 1. The van der Waals surface area contributed by atoms with Gasteiger partial charge in [-0.3, -0.25) is 4.79 Å². The molecule has 0 aromatic heterocycles. The molecule has 0 radical (unpaired) electrons. The predicted molar refractivity (Wildman–Crippen MR) is 113 cm³/mol. The van der Waals surface area contributed by atoms with Gasteiger partial charge in [-0.15, -0.1) is 0 Å². The molecule has 1 unspecified atom stereocenters. The fraction of sp³-hybridized carbons (Fsp3) is 0.417. The van der Waals surface area contributed by atoms with Crippen LogP contribution >= 0.6 is 0 Å². The zero-order valence-corrected chi connectivity index (χ0v) is 16.9. The maximum Gasteiger partial charge on any atom is 0.253 e. The Morgan fingerprint density at radius 1 is 1.14 bits per heavy atom. The van der Waals surface area contributed by atoms with E-state index < -0.39 is 5.60 Å². The zero-order chi connectivity index (χ0) is 20.3. The number of rotatable bonds is 5. The molecule has 1 fully saturated rings. The lowest BCUT2D eigenvalue weighted by Crippen LogP contribution is -2.38. The predicted octanol–water partition coefficient (Wildman–Crippen LogP) is 3.66. The molecule has 1 saturated heterocycles. The molecule has 2 aromatic rings. The molecular weight excluding hydrogens is 364 g/mol. The number of piperidine rings is 1. The normalized spacial score (nSPS) is 22.3. The second-order valence-corrected chi connectivity index (χ2v) is 8.42. The zero-order valence-electron chi connectivity index (χ0n) is 16.9. The monoisotopic (exact) mass is 392 g/mol. The first-order valence-corrected chi connectivity index (χ1v) is 10.4. The number of carbonyl (C=O) groups excluding carboxylic acids is 1. The van der Waals surface area contributed by atoms with Crippen molar-refractivity contribution in [3.63, 3.8) is 0 Å². The van der Waals surface area contributed by atoms with Crippen LogP contribution in [0.15, 0.2) is 59.8 Å². The van der Waals surface area contributed by atoms with Crippen molar-refractivity contribution in [3.05, 3.63) is 71.3 Å². The van der Waals surface area contributed by atoms with E-state index in [-0.39, 0.29) is 12.5 Å². The largest absolute Gasteiger partial charge is 0.392 e. The molecule has 2 aliphatic rings. The molecule has 0 aliphatic carbocycles. The summed E-state index contributed by atoms with van der Waals surface area (Å²) < 4.78 is 0. The number of hydrogen-bond donors (Lipinski definition) is 1. The van der Waals surface area contributed by atoms with Crippen molar-refractivity contribution in [2.45, 2.75) is 38.2 Å². The molecule has 1 amide bonds. The number of amides is 1. The van der Waals surface area contributed by atoms with E-state index >= 15 is 0 Å². The first-order chi connectivity index (χ1) is 14.1. The third kappa shape index (κ3) is 4.51. The van der Waals surface area contributed by atoms with Crippen LogP contribution in [0.3, 0.4) is 0 Å². The van der Waals surface area contributed by atoms with E-state index in [2.05, 4.69) is 29.4 Å². The minimum Gasteiger partial charge on any atom is -0.392 e. The SMILES string of the molecule is CC1(CO)CC(c2ccc(C(=O)N3CCC(Cc4ccccc4)CC3)cc2)=NO1. The number of likely N-dealkylation sites (tertiary alicyclic amines) is 1. The molecule has 5 nitrogen and oxygen atoms in total. The molecule has 29 heavy (non-hydrogen) atoms. The number of nitrogens with zero attached hydrogens (tertiary/aromatic N) is 2. The molecule has 2 aliphatic heterocycles. The van der Waals surface area contributed by atoms with Gasteiger partial charge < -0.3 is 14.8 Å². The van der Waals surface area contributed by atoms with Gasteiger partial charge in [-0.1, -0.05) is 47.6 Å². The van der Waals surface area contributed by atoms with Crippen LogP contribution in [-0.4, -0.2) is 46.9 Å². The van der Waals surface area contributed by atoms with E-state index in [0.29, 0.717) is 17.9 Å². The Morgan fingerprint density at radius 3 is 2.45 bits per heavy atom. The summed E-state index contributed by atoms with van der Waals surface area (Å²) >= 11 is 0. The van der Waals surface area contributed by atoms with Gasteiger partial charge in [0.25, 0.3) is 5.91 Å². The van der Waals surface area contributed by atoms with Crippen molar-refractivity contribution in [3.8, 4) is 0 Å². The molecule has 0 saturated carbocycles. The third-order valence-electron chi connectivity index (χ3n) is 5.99. The van der Waals surface area contributed by atoms with Crippen LogP contribution in [0.4, 0.5) is 0 Å². The average Bonchev–Trinajstić information content (AvgIpc) is 3.17. The molecule has 0 bridgehead atoms. The quantitative estimate of drug-likeness (QED) is 0.845. The Kier molecular flexibility index (Phi) is 5.67. The van der Waals surface area contributed by atoms with Crippen molar-refractivity contribution in [1.82, 2.24) is 4.90 Å². The Hall–Kier alpha value is -2.66. The summed E-state index contributed by atoms with van der Waals surface area (Å²) in [7, 11) is 0. The summed E-state index contributed by atoms with van der Waals surface area (Å²) in [6.07, 6.45) is 3.75. The Balaban J connectivity index is 1.32. The van der Waals surface area contributed by atoms with Crippen LogP contribution in [0.1, 0.15) is 47.7 Å². The fourth-order valence-electron chi connectivity index (χ4n) is 4.10. The van der Waals surface area contributed by atoms with Crippen LogP contribution in [0, 0.1) is 5.92 Å². The Morgan fingerprint density at radius 2 is 1.83 bits per heavy atom. The standard InChI is InChI=1S/C24H28N2O3/c1-24(17-27)16-22(25-29-24)20-7-9-21(10-8-20)23(28)26-13-11-19(12-14-26)15-18-5-3-2-4-6-18/h2-10,19,27H,11-17H2,1H3. The van der Waals surface area contributed by atoms with Crippen LogP contribution in [-0.2, 0) is 11.3 Å². The molecule has 1 N–H and O–H groups in total. The molecular formula is C24H28N2O3. The van der Waals surface area contributed by atoms with Crippen LogP contribution < -0.4 is 0 Å². The highest BCUT2D eigenvalue weighted by Gasteiger charge is 2.34. The van der Waals surface area contributed by atoms with E-state index in [1.165, 1.54) is 5.56 Å². The fourth-order valence-corrected chi connectivity index (χ4v) is 4.10. The molecule has 1 atom stereocenters. The summed E-state index contributed by atoms with van der Waals surface area (Å²) in [6, 6.07) is 18.2. The lowest BCUT2D eigenvalue weighted by Gasteiger charge is -2.32. The molecule has 2 heterocycles. The van der Waals surface area contributed by atoms with Crippen LogP contribution in [0.2, 0.25) is 0 Å². The van der Waals surface area contributed by atoms with E-state index in [1.807, 2.05) is 42.2 Å². The highest BCUT2D eigenvalue weighted by molar-refractivity contribution is 6.02. The molecule has 4 rings (SSSR count). The Bertz CT molecular complexity index is 871. The second kappa shape index (κ2) is 8.37. The lowest BCUT2D eigenvalue weighted by molar-refractivity contribution is -0.0428. The molecule has 5 heteroatoms. The second-order valence-electron chi connectivity index (χ2n) is 8.42. The van der Waals surface area contributed by atoms with E-state index in [4.69, 9.17) is 4.84 Å². The van der Waals surface area contributed by atoms with Crippen LogP contribution in [0.5, 0.6) is 0 Å². The summed E-state index contributed by atoms with van der Waals surface area (Å²) in [6.45, 7) is 3.39. The number of carbonyl (C=O) groups is 1. The van der Waals surface area contributed by atoms with Gasteiger partial charge >= 0.3 is 0 Å². The van der Waals surface area contributed by atoms with Gasteiger partial charge in [0, 0.05) is 25.1 Å². The summed E-state index contributed by atoms with van der Waals surface area (Å²) in [5.74, 6) is 0.740. The highest BCUT2D eigenvalue weighted by Crippen LogP contribution is 2.27. The van der Waals surface area contributed by atoms with Gasteiger partial charge in [-0.25, -0.2) is 0 Å². The maximum absolute atomic E-state index is 12.9. The van der Waals surface area contributed by atoms with Crippen molar-refractivity contribution < 1.29 is 14.7 Å². The summed E-state index contributed by atoms with van der Waals surface area (Å²) in [5.41, 5.74) is 3.18. The van der Waals surface area contributed by atoms with Gasteiger partial charge in [-0.2, -0.15) is 0 Å². The molecule has 2 aromatic carbocycles. The summed E-state index contributed by atoms with van der Waals surface area (Å²) in [4.78, 5) is 20.2. The van der Waals surface area contributed by atoms with Gasteiger partial charge in [0.05, 0.1) is 12.3 Å². The number of benzene rings is 2. The molecule has 152 valence electrons. The van der Waals surface area contributed by atoms with Crippen molar-refractivity contribution in [1.29, 1.82) is 0 Å².